The lowest BCUT2D eigenvalue weighted by atomic mass is 10.2. The van der Waals surface area contributed by atoms with E-state index in [1.165, 1.54) is 30.5 Å². The van der Waals surface area contributed by atoms with Gasteiger partial charge in [-0.2, -0.15) is 13.2 Å². The van der Waals surface area contributed by atoms with Gasteiger partial charge in [0.25, 0.3) is 11.8 Å². The van der Waals surface area contributed by atoms with E-state index >= 15 is 0 Å². The normalized spacial score (nSPS) is 11.2. The minimum Gasteiger partial charge on any atom is -0.448 e. The molecule has 24 heavy (non-hydrogen) atoms. The van der Waals surface area contributed by atoms with Gasteiger partial charge in [-0.3, -0.25) is 9.59 Å². The van der Waals surface area contributed by atoms with Crippen LogP contribution in [0.3, 0.4) is 0 Å². The van der Waals surface area contributed by atoms with Crippen LogP contribution in [0.1, 0.15) is 33.7 Å². The number of aromatic nitrogens is 1. The van der Waals surface area contributed by atoms with E-state index in [2.05, 4.69) is 10.3 Å². The highest BCUT2D eigenvalue weighted by atomic mass is 19.4. The molecule has 0 aliphatic rings. The Hall–Kier alpha value is -2.84. The van der Waals surface area contributed by atoms with Crippen molar-refractivity contribution < 1.29 is 27.2 Å². The minimum absolute atomic E-state index is 0.0481. The predicted octanol–water partition coefficient (Wildman–Crippen LogP) is 2.78. The third-order valence-electron chi connectivity index (χ3n) is 2.94. The summed E-state index contributed by atoms with van der Waals surface area (Å²) in [6, 6.07) is 5.42. The second kappa shape index (κ2) is 7.16. The van der Waals surface area contributed by atoms with Crippen LogP contribution in [0.4, 0.5) is 18.9 Å². The van der Waals surface area contributed by atoms with Gasteiger partial charge >= 0.3 is 6.18 Å². The van der Waals surface area contributed by atoms with E-state index in [0.29, 0.717) is 18.0 Å². The summed E-state index contributed by atoms with van der Waals surface area (Å²) in [4.78, 5) is 27.5. The molecule has 0 aliphatic carbocycles. The number of aryl methyl sites for hydroxylation is 1. The van der Waals surface area contributed by atoms with E-state index in [1.54, 1.807) is 5.32 Å². The van der Waals surface area contributed by atoms with Crippen LogP contribution < -0.4 is 10.6 Å². The van der Waals surface area contributed by atoms with Crippen LogP contribution in [-0.4, -0.2) is 29.5 Å². The number of hydrogen-bond donors (Lipinski definition) is 2. The highest BCUT2D eigenvalue weighted by molar-refractivity contribution is 6.03. The van der Waals surface area contributed by atoms with Crippen molar-refractivity contribution in [3.05, 3.63) is 47.7 Å². The van der Waals surface area contributed by atoms with Crippen LogP contribution in [0.25, 0.3) is 0 Å². The molecule has 0 radical (unpaired) electrons. The van der Waals surface area contributed by atoms with Gasteiger partial charge in [0.1, 0.15) is 12.8 Å². The molecule has 0 aliphatic heterocycles. The molecule has 128 valence electrons. The number of nitrogens with one attached hydrogen (secondary N) is 2. The second-order valence-electron chi connectivity index (χ2n) is 4.81. The number of carbonyl (C=O) groups is 2. The Balaban J connectivity index is 1.96. The predicted molar refractivity (Wildman–Crippen MR) is 78.7 cm³/mol. The molecular formula is C15H14F3N3O3. The molecule has 0 atom stereocenters. The monoisotopic (exact) mass is 341 g/mol. The zero-order valence-corrected chi connectivity index (χ0v) is 12.6. The summed E-state index contributed by atoms with van der Waals surface area (Å²) in [5.41, 5.74) is 0.527. The molecule has 2 aromatic rings. The Kier molecular flexibility index (Phi) is 5.22. The van der Waals surface area contributed by atoms with E-state index in [-0.39, 0.29) is 11.3 Å². The fourth-order valence-electron chi connectivity index (χ4n) is 1.76. The lowest BCUT2D eigenvalue weighted by Crippen LogP contribution is -2.33. The van der Waals surface area contributed by atoms with Crippen LogP contribution in [0, 0.1) is 0 Å². The number of rotatable bonds is 5. The molecule has 1 heterocycles. The van der Waals surface area contributed by atoms with Crippen LogP contribution in [-0.2, 0) is 6.42 Å². The summed E-state index contributed by atoms with van der Waals surface area (Å²) >= 11 is 0. The smallest absolute Gasteiger partial charge is 0.405 e. The summed E-state index contributed by atoms with van der Waals surface area (Å²) in [6.07, 6.45) is -2.69. The van der Waals surface area contributed by atoms with E-state index < -0.39 is 24.5 Å². The molecule has 1 aromatic carbocycles. The number of halogens is 3. The first kappa shape index (κ1) is 17.5. The van der Waals surface area contributed by atoms with Crippen molar-refractivity contribution in [2.24, 2.45) is 0 Å². The molecular weight excluding hydrogens is 327 g/mol. The summed E-state index contributed by atoms with van der Waals surface area (Å²) in [5.74, 6) is -0.918. The molecule has 0 fully saturated rings. The van der Waals surface area contributed by atoms with Crippen molar-refractivity contribution in [1.82, 2.24) is 10.3 Å². The number of hydrogen-bond acceptors (Lipinski definition) is 4. The molecule has 1 aromatic heterocycles. The number of carbonyl (C=O) groups excluding carboxylic acids is 2. The van der Waals surface area contributed by atoms with Gasteiger partial charge in [0.05, 0.1) is 0 Å². The number of alkyl halides is 3. The number of amides is 2. The maximum atomic E-state index is 12.1. The average Bonchev–Trinajstić information content (AvgIpc) is 3.02. The molecule has 0 unspecified atom stereocenters. The summed E-state index contributed by atoms with van der Waals surface area (Å²) in [5, 5.41) is 4.31. The van der Waals surface area contributed by atoms with Gasteiger partial charge in [-0.15, -0.1) is 0 Å². The summed E-state index contributed by atoms with van der Waals surface area (Å²) < 4.78 is 41.2. The first-order chi connectivity index (χ1) is 11.3. The Morgan fingerprint density at radius 3 is 2.38 bits per heavy atom. The Morgan fingerprint density at radius 1 is 1.17 bits per heavy atom. The van der Waals surface area contributed by atoms with Gasteiger partial charge in [-0.05, 0) is 24.3 Å². The van der Waals surface area contributed by atoms with Crippen LogP contribution in [0.2, 0.25) is 0 Å². The molecule has 0 bridgehead atoms. The number of oxazole rings is 1. The van der Waals surface area contributed by atoms with E-state index in [9.17, 15) is 22.8 Å². The van der Waals surface area contributed by atoms with Crippen molar-refractivity contribution in [2.75, 3.05) is 11.9 Å². The fourth-order valence-corrected chi connectivity index (χ4v) is 1.76. The molecule has 2 rings (SSSR count). The highest BCUT2D eigenvalue weighted by Gasteiger charge is 2.27. The number of nitrogens with zero attached hydrogens (tertiary/aromatic N) is 1. The van der Waals surface area contributed by atoms with E-state index in [1.807, 2.05) is 6.92 Å². The Bertz CT molecular complexity index is 724. The Morgan fingerprint density at radius 2 is 1.83 bits per heavy atom. The van der Waals surface area contributed by atoms with Crippen molar-refractivity contribution >= 4 is 17.5 Å². The standard InChI is InChI=1S/C15H14F3N3O3/c1-2-12-21-11(7-24-12)14(23)20-10-5-3-9(4-6-10)13(22)19-8-15(16,17)18/h3-7H,2,8H2,1H3,(H,19,22)(H,20,23). The van der Waals surface area contributed by atoms with E-state index in [4.69, 9.17) is 4.42 Å². The lowest BCUT2D eigenvalue weighted by molar-refractivity contribution is -0.123. The topological polar surface area (TPSA) is 84.2 Å². The van der Waals surface area contributed by atoms with Gasteiger partial charge in [-0.1, -0.05) is 6.92 Å². The number of benzene rings is 1. The number of anilines is 1. The van der Waals surface area contributed by atoms with Crippen LogP contribution >= 0.6 is 0 Å². The van der Waals surface area contributed by atoms with Gasteiger partial charge in [0.15, 0.2) is 11.6 Å². The zero-order chi connectivity index (χ0) is 17.7. The Labute approximate surface area is 135 Å². The van der Waals surface area contributed by atoms with E-state index in [0.717, 1.165) is 0 Å². The molecule has 2 N–H and O–H groups in total. The molecule has 6 nitrogen and oxygen atoms in total. The highest BCUT2D eigenvalue weighted by Crippen LogP contribution is 2.14. The van der Waals surface area contributed by atoms with Crippen LogP contribution in [0.15, 0.2) is 34.9 Å². The fraction of sp³-hybridized carbons (Fsp3) is 0.267. The summed E-state index contributed by atoms with van der Waals surface area (Å²) in [6.45, 7) is 0.423. The van der Waals surface area contributed by atoms with Crippen molar-refractivity contribution in [2.45, 2.75) is 19.5 Å². The maximum absolute atomic E-state index is 12.1. The van der Waals surface area contributed by atoms with Gasteiger partial charge in [-0.25, -0.2) is 4.98 Å². The van der Waals surface area contributed by atoms with Crippen molar-refractivity contribution in [1.29, 1.82) is 0 Å². The molecule has 9 heteroatoms. The molecule has 0 spiro atoms. The van der Waals surface area contributed by atoms with Crippen LogP contribution in [0.5, 0.6) is 0 Å². The van der Waals surface area contributed by atoms with Gasteiger partial charge in [0, 0.05) is 17.7 Å². The van der Waals surface area contributed by atoms with Gasteiger partial charge in [0.2, 0.25) is 0 Å². The molecule has 0 saturated carbocycles. The third-order valence-corrected chi connectivity index (χ3v) is 2.94. The van der Waals surface area contributed by atoms with Crippen molar-refractivity contribution in [3.8, 4) is 0 Å². The minimum atomic E-state index is -4.47. The van der Waals surface area contributed by atoms with Crippen molar-refractivity contribution in [3.63, 3.8) is 0 Å². The third kappa shape index (κ3) is 4.83. The first-order valence-corrected chi connectivity index (χ1v) is 6.99. The quantitative estimate of drug-likeness (QED) is 0.876. The average molecular weight is 341 g/mol. The zero-order valence-electron chi connectivity index (χ0n) is 12.6. The largest absolute Gasteiger partial charge is 0.448 e. The SMILES string of the molecule is CCc1nc(C(=O)Nc2ccc(C(=O)NCC(F)(F)F)cc2)co1. The molecule has 0 saturated heterocycles. The maximum Gasteiger partial charge on any atom is 0.405 e. The summed E-state index contributed by atoms with van der Waals surface area (Å²) in [7, 11) is 0. The lowest BCUT2D eigenvalue weighted by Gasteiger charge is -2.09. The second-order valence-corrected chi connectivity index (χ2v) is 4.81. The first-order valence-electron chi connectivity index (χ1n) is 6.99. The van der Waals surface area contributed by atoms with Gasteiger partial charge < -0.3 is 15.1 Å². The molecule has 2 amide bonds.